The molecule has 6 nitrogen and oxygen atoms in total. The standard InChI is InChI=1S/C11H22N2O4/c1-4-13(5-2)11(16)12-9(10(14)15)7-6-8-17-3/h9H,4-8H2,1-3H3,(H,12,16)(H,14,15). The highest BCUT2D eigenvalue weighted by molar-refractivity contribution is 5.82. The number of rotatable bonds is 8. The Morgan fingerprint density at radius 2 is 1.94 bits per heavy atom. The van der Waals surface area contributed by atoms with Gasteiger partial charge in [-0.1, -0.05) is 0 Å². The zero-order valence-electron chi connectivity index (χ0n) is 10.7. The molecule has 0 bridgehead atoms. The molecule has 0 aliphatic rings. The number of hydrogen-bond donors (Lipinski definition) is 2. The molecule has 1 atom stereocenters. The highest BCUT2D eigenvalue weighted by Gasteiger charge is 2.21. The van der Waals surface area contributed by atoms with Crippen LogP contribution in [-0.4, -0.2) is 54.9 Å². The Kier molecular flexibility index (Phi) is 8.13. The average Bonchev–Trinajstić information content (AvgIpc) is 2.29. The van der Waals surface area contributed by atoms with Gasteiger partial charge in [-0.3, -0.25) is 0 Å². The molecule has 0 saturated heterocycles. The number of methoxy groups -OCH3 is 1. The van der Waals surface area contributed by atoms with E-state index in [1.54, 1.807) is 12.0 Å². The normalized spacial score (nSPS) is 11.9. The molecule has 0 aromatic rings. The summed E-state index contributed by atoms with van der Waals surface area (Å²) < 4.78 is 4.85. The van der Waals surface area contributed by atoms with Gasteiger partial charge in [-0.25, -0.2) is 9.59 Å². The number of carbonyl (C=O) groups is 2. The van der Waals surface area contributed by atoms with Crippen molar-refractivity contribution in [3.05, 3.63) is 0 Å². The Hall–Kier alpha value is -1.30. The number of carboxylic acids is 1. The van der Waals surface area contributed by atoms with Gasteiger partial charge in [0.2, 0.25) is 0 Å². The van der Waals surface area contributed by atoms with Crippen LogP contribution >= 0.6 is 0 Å². The number of hydrogen-bond acceptors (Lipinski definition) is 3. The summed E-state index contributed by atoms with van der Waals surface area (Å²) >= 11 is 0. The SMILES string of the molecule is CCN(CC)C(=O)NC(CCCOC)C(=O)O. The molecule has 0 aromatic carbocycles. The second kappa shape index (κ2) is 8.81. The first-order chi connectivity index (χ1) is 8.06. The lowest BCUT2D eigenvalue weighted by Crippen LogP contribution is -2.47. The summed E-state index contributed by atoms with van der Waals surface area (Å²) in [6, 6.07) is -1.18. The molecule has 2 N–H and O–H groups in total. The van der Waals surface area contributed by atoms with E-state index in [2.05, 4.69) is 5.32 Å². The molecule has 1 unspecified atom stereocenters. The first-order valence-corrected chi connectivity index (χ1v) is 5.83. The van der Waals surface area contributed by atoms with Crippen molar-refractivity contribution < 1.29 is 19.4 Å². The van der Waals surface area contributed by atoms with Gasteiger partial charge in [-0.2, -0.15) is 0 Å². The van der Waals surface area contributed by atoms with E-state index in [0.29, 0.717) is 32.5 Å². The summed E-state index contributed by atoms with van der Waals surface area (Å²) in [5.41, 5.74) is 0. The first kappa shape index (κ1) is 15.7. The predicted molar refractivity (Wildman–Crippen MR) is 64.0 cm³/mol. The van der Waals surface area contributed by atoms with Crippen LogP contribution in [0.5, 0.6) is 0 Å². The summed E-state index contributed by atoms with van der Waals surface area (Å²) in [7, 11) is 1.56. The zero-order chi connectivity index (χ0) is 13.3. The van der Waals surface area contributed by atoms with Crippen LogP contribution < -0.4 is 5.32 Å². The molecule has 0 saturated carbocycles. The minimum Gasteiger partial charge on any atom is -0.480 e. The van der Waals surface area contributed by atoms with Crippen molar-refractivity contribution in [3.8, 4) is 0 Å². The third kappa shape index (κ3) is 6.11. The summed E-state index contributed by atoms with van der Waals surface area (Å²) in [5.74, 6) is -1.01. The van der Waals surface area contributed by atoms with Crippen LogP contribution in [0.4, 0.5) is 4.79 Å². The molecular weight excluding hydrogens is 224 g/mol. The first-order valence-electron chi connectivity index (χ1n) is 5.83. The molecule has 0 aliphatic heterocycles. The van der Waals surface area contributed by atoms with Crippen LogP contribution in [0.1, 0.15) is 26.7 Å². The van der Waals surface area contributed by atoms with Gasteiger partial charge in [-0.05, 0) is 26.7 Å². The van der Waals surface area contributed by atoms with E-state index < -0.39 is 12.0 Å². The van der Waals surface area contributed by atoms with E-state index in [1.165, 1.54) is 0 Å². The van der Waals surface area contributed by atoms with E-state index >= 15 is 0 Å². The molecule has 6 heteroatoms. The fraction of sp³-hybridized carbons (Fsp3) is 0.818. The van der Waals surface area contributed by atoms with E-state index in [-0.39, 0.29) is 6.03 Å². The van der Waals surface area contributed by atoms with Crippen molar-refractivity contribution in [3.63, 3.8) is 0 Å². The fourth-order valence-electron chi connectivity index (χ4n) is 1.44. The molecule has 17 heavy (non-hydrogen) atoms. The van der Waals surface area contributed by atoms with Crippen molar-refractivity contribution in [1.82, 2.24) is 10.2 Å². The molecule has 0 fully saturated rings. The number of carboxylic acid groups (broad SMARTS) is 1. The van der Waals surface area contributed by atoms with Crippen LogP contribution in [0.25, 0.3) is 0 Å². The smallest absolute Gasteiger partial charge is 0.326 e. The number of aliphatic carboxylic acids is 1. The number of carbonyl (C=O) groups excluding carboxylic acids is 1. The topological polar surface area (TPSA) is 78.9 Å². The molecule has 0 heterocycles. The quantitative estimate of drug-likeness (QED) is 0.624. The van der Waals surface area contributed by atoms with Gasteiger partial charge >= 0.3 is 12.0 Å². The Bertz CT molecular complexity index is 242. The Labute approximate surface area is 102 Å². The third-order valence-electron chi connectivity index (χ3n) is 2.49. The van der Waals surface area contributed by atoms with Crippen LogP contribution in [-0.2, 0) is 9.53 Å². The second-order valence-corrected chi connectivity index (χ2v) is 3.65. The van der Waals surface area contributed by atoms with Gasteiger partial charge in [0.25, 0.3) is 0 Å². The summed E-state index contributed by atoms with van der Waals surface area (Å²) in [6.45, 7) is 5.32. The van der Waals surface area contributed by atoms with Gasteiger partial charge in [0.05, 0.1) is 0 Å². The monoisotopic (exact) mass is 246 g/mol. The van der Waals surface area contributed by atoms with Crippen molar-refractivity contribution in [2.45, 2.75) is 32.7 Å². The van der Waals surface area contributed by atoms with Gasteiger partial charge in [-0.15, -0.1) is 0 Å². The third-order valence-corrected chi connectivity index (χ3v) is 2.49. The molecule has 100 valence electrons. The molecule has 0 spiro atoms. The second-order valence-electron chi connectivity index (χ2n) is 3.65. The lowest BCUT2D eigenvalue weighted by Gasteiger charge is -2.22. The maximum atomic E-state index is 11.7. The number of urea groups is 1. The molecule has 0 radical (unpaired) electrons. The number of nitrogens with one attached hydrogen (secondary N) is 1. The molecular formula is C11H22N2O4. The summed E-state index contributed by atoms with van der Waals surface area (Å²) in [4.78, 5) is 24.2. The van der Waals surface area contributed by atoms with E-state index in [9.17, 15) is 9.59 Å². The predicted octanol–water partition coefficient (Wildman–Crippen LogP) is 0.918. The highest BCUT2D eigenvalue weighted by atomic mass is 16.5. The van der Waals surface area contributed by atoms with Crippen molar-refractivity contribution >= 4 is 12.0 Å². The minimum absolute atomic E-state index is 0.334. The Morgan fingerprint density at radius 3 is 2.35 bits per heavy atom. The van der Waals surface area contributed by atoms with Crippen LogP contribution in [0.2, 0.25) is 0 Å². The van der Waals surface area contributed by atoms with E-state index in [1.807, 2.05) is 13.8 Å². The summed E-state index contributed by atoms with van der Waals surface area (Å²) in [5, 5.41) is 11.5. The fourth-order valence-corrected chi connectivity index (χ4v) is 1.44. The van der Waals surface area contributed by atoms with Crippen molar-refractivity contribution in [2.75, 3.05) is 26.8 Å². The number of amides is 2. The van der Waals surface area contributed by atoms with Crippen molar-refractivity contribution in [2.24, 2.45) is 0 Å². The maximum absolute atomic E-state index is 11.7. The Morgan fingerprint density at radius 1 is 1.35 bits per heavy atom. The number of ether oxygens (including phenoxy) is 1. The van der Waals surface area contributed by atoms with Crippen LogP contribution in [0.3, 0.4) is 0 Å². The largest absolute Gasteiger partial charge is 0.480 e. The van der Waals surface area contributed by atoms with Crippen LogP contribution in [0, 0.1) is 0 Å². The highest BCUT2D eigenvalue weighted by Crippen LogP contribution is 2.00. The summed E-state index contributed by atoms with van der Waals surface area (Å²) in [6.07, 6.45) is 0.974. The molecule has 2 amide bonds. The van der Waals surface area contributed by atoms with Gasteiger partial charge in [0, 0.05) is 26.8 Å². The van der Waals surface area contributed by atoms with Crippen LogP contribution in [0.15, 0.2) is 0 Å². The average molecular weight is 246 g/mol. The maximum Gasteiger partial charge on any atom is 0.326 e. The van der Waals surface area contributed by atoms with Gasteiger partial charge in [0.15, 0.2) is 0 Å². The lowest BCUT2D eigenvalue weighted by molar-refractivity contribution is -0.139. The zero-order valence-corrected chi connectivity index (χ0v) is 10.7. The van der Waals surface area contributed by atoms with E-state index in [0.717, 1.165) is 0 Å². The molecule has 0 aromatic heterocycles. The number of nitrogens with zero attached hydrogens (tertiary/aromatic N) is 1. The van der Waals surface area contributed by atoms with Gasteiger partial charge in [0.1, 0.15) is 6.04 Å². The van der Waals surface area contributed by atoms with Gasteiger partial charge < -0.3 is 20.1 Å². The molecule has 0 rings (SSSR count). The minimum atomic E-state index is -1.01. The lowest BCUT2D eigenvalue weighted by atomic mass is 10.1. The van der Waals surface area contributed by atoms with Crippen molar-refractivity contribution in [1.29, 1.82) is 0 Å². The Balaban J connectivity index is 4.23. The molecule has 0 aliphatic carbocycles. The van der Waals surface area contributed by atoms with E-state index in [4.69, 9.17) is 9.84 Å².